The summed E-state index contributed by atoms with van der Waals surface area (Å²) in [6.45, 7) is 0.437. The first-order chi connectivity index (χ1) is 11.6. The van der Waals surface area contributed by atoms with Gasteiger partial charge < -0.3 is 10.3 Å². The molecule has 3 rings (SSSR count). The Bertz CT molecular complexity index is 800. The van der Waals surface area contributed by atoms with Crippen molar-refractivity contribution in [3.05, 3.63) is 59.9 Å². The molecule has 0 radical (unpaired) electrons. The number of rotatable bonds is 6. The zero-order valence-electron chi connectivity index (χ0n) is 12.6. The molecule has 1 aromatic heterocycles. The second-order valence-corrected chi connectivity index (χ2v) is 6.17. The number of hydrogen-bond donors (Lipinski definition) is 2. The highest BCUT2D eigenvalue weighted by atomic mass is 32.2. The predicted molar refractivity (Wildman–Crippen MR) is 90.4 cm³/mol. The number of thioether (sulfide) groups is 1. The summed E-state index contributed by atoms with van der Waals surface area (Å²) >= 11 is 0.458. The zero-order chi connectivity index (χ0) is 16.9. The lowest BCUT2D eigenvalue weighted by Crippen LogP contribution is -2.25. The van der Waals surface area contributed by atoms with Crippen molar-refractivity contribution in [2.75, 3.05) is 6.54 Å². The van der Waals surface area contributed by atoms with Crippen molar-refractivity contribution in [2.24, 2.45) is 0 Å². The maximum Gasteiger partial charge on any atom is 0.288 e. The smallest absolute Gasteiger partial charge is 0.288 e. The van der Waals surface area contributed by atoms with Gasteiger partial charge in [-0.25, -0.2) is 4.98 Å². The van der Waals surface area contributed by atoms with E-state index in [4.69, 9.17) is 0 Å². The molecule has 0 saturated carbocycles. The van der Waals surface area contributed by atoms with E-state index in [9.17, 15) is 13.6 Å². The van der Waals surface area contributed by atoms with Crippen molar-refractivity contribution in [1.29, 1.82) is 0 Å². The molecule has 3 aromatic rings. The van der Waals surface area contributed by atoms with Crippen LogP contribution in [0, 0.1) is 0 Å². The first-order valence-electron chi connectivity index (χ1n) is 7.38. The van der Waals surface area contributed by atoms with Crippen LogP contribution in [-0.2, 0) is 6.42 Å². The minimum atomic E-state index is -2.46. The first kappa shape index (κ1) is 16.4. The summed E-state index contributed by atoms with van der Waals surface area (Å²) in [5.41, 5.74) is 2.30. The van der Waals surface area contributed by atoms with E-state index in [2.05, 4.69) is 15.3 Å². The lowest BCUT2D eigenvalue weighted by molar-refractivity contribution is 0.0954. The number of nitrogens with zero attached hydrogens (tertiary/aromatic N) is 1. The highest BCUT2D eigenvalue weighted by Gasteiger charge is 2.09. The largest absolute Gasteiger partial charge is 0.352 e. The van der Waals surface area contributed by atoms with Crippen LogP contribution in [0.3, 0.4) is 0 Å². The van der Waals surface area contributed by atoms with Crippen LogP contribution in [0.15, 0.2) is 53.4 Å². The summed E-state index contributed by atoms with van der Waals surface area (Å²) < 4.78 is 24.5. The Kier molecular flexibility index (Phi) is 5.10. The lowest BCUT2D eigenvalue weighted by Gasteiger charge is -2.05. The van der Waals surface area contributed by atoms with E-state index in [1.165, 1.54) is 12.1 Å². The number of imidazole rings is 1. The molecule has 0 spiro atoms. The van der Waals surface area contributed by atoms with Gasteiger partial charge in [0.2, 0.25) is 0 Å². The fraction of sp³-hybridized carbons (Fsp3) is 0.176. The van der Waals surface area contributed by atoms with Gasteiger partial charge in [0.15, 0.2) is 0 Å². The van der Waals surface area contributed by atoms with Gasteiger partial charge in [-0.05, 0) is 36.4 Å². The number of alkyl halides is 2. The number of para-hydroxylation sites is 2. The van der Waals surface area contributed by atoms with Crippen molar-refractivity contribution >= 4 is 28.7 Å². The summed E-state index contributed by atoms with van der Waals surface area (Å²) in [5.74, 6) is -1.90. The highest BCUT2D eigenvalue weighted by molar-refractivity contribution is 7.99. The summed E-state index contributed by atoms with van der Waals surface area (Å²) in [7, 11) is 0. The summed E-state index contributed by atoms with van der Waals surface area (Å²) in [5, 5.41) is 2.80. The van der Waals surface area contributed by atoms with Gasteiger partial charge >= 0.3 is 0 Å². The molecular weight excluding hydrogens is 332 g/mol. The molecule has 2 aromatic carbocycles. The molecule has 1 heterocycles. The predicted octanol–water partition coefficient (Wildman–Crippen LogP) is 3.85. The maximum absolute atomic E-state index is 12.3. The third-order valence-corrected chi connectivity index (χ3v) is 4.15. The molecule has 0 unspecified atom stereocenters. The highest BCUT2D eigenvalue weighted by Crippen LogP contribution is 2.25. The van der Waals surface area contributed by atoms with Gasteiger partial charge in [-0.1, -0.05) is 23.9 Å². The molecule has 7 heteroatoms. The zero-order valence-corrected chi connectivity index (χ0v) is 13.4. The van der Waals surface area contributed by atoms with Crippen LogP contribution in [-0.4, -0.2) is 28.2 Å². The fourth-order valence-electron chi connectivity index (χ4n) is 2.31. The van der Waals surface area contributed by atoms with Gasteiger partial charge in [0, 0.05) is 23.4 Å². The van der Waals surface area contributed by atoms with E-state index < -0.39 is 5.76 Å². The van der Waals surface area contributed by atoms with Gasteiger partial charge in [0.1, 0.15) is 5.82 Å². The van der Waals surface area contributed by atoms with E-state index >= 15 is 0 Å². The van der Waals surface area contributed by atoms with Crippen molar-refractivity contribution in [3.8, 4) is 0 Å². The van der Waals surface area contributed by atoms with Crippen LogP contribution < -0.4 is 5.32 Å². The number of carbonyl (C=O) groups is 1. The van der Waals surface area contributed by atoms with Gasteiger partial charge in [-0.15, -0.1) is 0 Å². The third kappa shape index (κ3) is 4.11. The Morgan fingerprint density at radius 1 is 1.17 bits per heavy atom. The van der Waals surface area contributed by atoms with Gasteiger partial charge in [0.05, 0.1) is 11.0 Å². The number of H-pyrrole nitrogens is 1. The summed E-state index contributed by atoms with van der Waals surface area (Å²) in [4.78, 5) is 20.1. The quantitative estimate of drug-likeness (QED) is 0.666. The second kappa shape index (κ2) is 7.44. The second-order valence-electron chi connectivity index (χ2n) is 5.11. The molecule has 1 amide bonds. The molecule has 0 saturated heterocycles. The Balaban J connectivity index is 1.53. The minimum absolute atomic E-state index is 0.236. The van der Waals surface area contributed by atoms with E-state index in [1.54, 1.807) is 12.1 Å². The molecule has 2 N–H and O–H groups in total. The van der Waals surface area contributed by atoms with E-state index in [-0.39, 0.29) is 5.91 Å². The SMILES string of the molecule is O=C(NCCc1nc2ccccc2[nH]1)c1ccc(SC(F)F)cc1. The number of aromatic nitrogens is 2. The van der Waals surface area contributed by atoms with Crippen LogP contribution in [0.25, 0.3) is 11.0 Å². The minimum Gasteiger partial charge on any atom is -0.352 e. The first-order valence-corrected chi connectivity index (χ1v) is 8.26. The van der Waals surface area contributed by atoms with Crippen molar-refractivity contribution < 1.29 is 13.6 Å². The molecule has 124 valence electrons. The topological polar surface area (TPSA) is 57.8 Å². The van der Waals surface area contributed by atoms with Crippen molar-refractivity contribution in [2.45, 2.75) is 17.1 Å². The lowest BCUT2D eigenvalue weighted by atomic mass is 10.2. The number of benzene rings is 2. The number of aromatic amines is 1. The standard InChI is InChI=1S/C17H15F2N3OS/c18-17(19)24-12-7-5-11(6-8-12)16(23)20-10-9-15-21-13-3-1-2-4-14(13)22-15/h1-8,17H,9-10H2,(H,20,23)(H,21,22). The summed E-state index contributed by atoms with van der Waals surface area (Å²) in [6.07, 6.45) is 0.583. The normalized spacial score (nSPS) is 11.1. The molecule has 0 fully saturated rings. The molecule has 0 aliphatic heterocycles. The Morgan fingerprint density at radius 3 is 2.62 bits per heavy atom. The van der Waals surface area contributed by atoms with Crippen LogP contribution in [0.2, 0.25) is 0 Å². The number of nitrogens with one attached hydrogen (secondary N) is 2. The number of amides is 1. The van der Waals surface area contributed by atoms with Gasteiger partial charge in [-0.2, -0.15) is 8.78 Å². The van der Waals surface area contributed by atoms with Crippen molar-refractivity contribution in [3.63, 3.8) is 0 Å². The summed E-state index contributed by atoms with van der Waals surface area (Å²) in [6, 6.07) is 13.8. The molecule has 4 nitrogen and oxygen atoms in total. The third-order valence-electron chi connectivity index (χ3n) is 3.43. The van der Waals surface area contributed by atoms with Crippen LogP contribution in [0.4, 0.5) is 8.78 Å². The molecule has 0 atom stereocenters. The Labute approximate surface area is 141 Å². The molecule has 0 bridgehead atoms. The van der Waals surface area contributed by atoms with Crippen molar-refractivity contribution in [1.82, 2.24) is 15.3 Å². The number of carbonyl (C=O) groups excluding carboxylic acids is 1. The molecular formula is C17H15F2N3OS. The average Bonchev–Trinajstić information content (AvgIpc) is 2.97. The van der Waals surface area contributed by atoms with Crippen LogP contribution in [0.5, 0.6) is 0 Å². The molecule has 0 aliphatic carbocycles. The van der Waals surface area contributed by atoms with Crippen LogP contribution >= 0.6 is 11.8 Å². The average molecular weight is 347 g/mol. The monoisotopic (exact) mass is 347 g/mol. The number of fused-ring (bicyclic) bond motifs is 1. The number of hydrogen-bond acceptors (Lipinski definition) is 3. The van der Waals surface area contributed by atoms with Gasteiger partial charge in [0.25, 0.3) is 11.7 Å². The fourth-order valence-corrected chi connectivity index (χ4v) is 2.81. The van der Waals surface area contributed by atoms with E-state index in [0.29, 0.717) is 35.2 Å². The van der Waals surface area contributed by atoms with E-state index in [0.717, 1.165) is 16.9 Å². The molecule has 0 aliphatic rings. The number of halogens is 2. The van der Waals surface area contributed by atoms with Gasteiger partial charge in [-0.3, -0.25) is 4.79 Å². The Hall–Kier alpha value is -2.41. The maximum atomic E-state index is 12.3. The van der Waals surface area contributed by atoms with Crippen LogP contribution in [0.1, 0.15) is 16.2 Å². The van der Waals surface area contributed by atoms with E-state index in [1.807, 2.05) is 24.3 Å². The molecule has 24 heavy (non-hydrogen) atoms. The Morgan fingerprint density at radius 2 is 1.92 bits per heavy atom.